The fraction of sp³-hybridized carbons (Fsp3) is 0.486. The van der Waals surface area contributed by atoms with E-state index in [0.717, 1.165) is 61.2 Å². The molecule has 3 heterocycles. The van der Waals surface area contributed by atoms with Crippen LogP contribution in [-0.4, -0.2) is 47.0 Å². The Bertz CT molecular complexity index is 1410. The first-order valence-corrected chi connectivity index (χ1v) is 15.8. The summed E-state index contributed by atoms with van der Waals surface area (Å²) in [6.45, 7) is 11.0. The summed E-state index contributed by atoms with van der Waals surface area (Å²) in [5, 5.41) is 5.48. The zero-order chi connectivity index (χ0) is 30.7. The van der Waals surface area contributed by atoms with Crippen molar-refractivity contribution in [2.24, 2.45) is 0 Å². The number of hydrazine groups is 1. The molecule has 3 aliphatic heterocycles. The number of nitrogens with one attached hydrogen (secondary N) is 2. The van der Waals surface area contributed by atoms with Crippen LogP contribution in [0, 0.1) is 5.82 Å². The van der Waals surface area contributed by atoms with Gasteiger partial charge in [-0.3, -0.25) is 10.2 Å². The largest absolute Gasteiger partial charge is 0.466 e. The van der Waals surface area contributed by atoms with Crippen molar-refractivity contribution in [1.82, 2.24) is 20.7 Å². The summed E-state index contributed by atoms with van der Waals surface area (Å²) in [7, 11) is 1.39. The van der Waals surface area contributed by atoms with Gasteiger partial charge in [-0.2, -0.15) is 0 Å². The predicted molar refractivity (Wildman–Crippen MR) is 167 cm³/mol. The number of methoxy groups -OCH3 is 1. The fourth-order valence-electron chi connectivity index (χ4n) is 6.83. The van der Waals surface area contributed by atoms with Crippen molar-refractivity contribution >= 4 is 17.4 Å². The third kappa shape index (κ3) is 5.89. The summed E-state index contributed by atoms with van der Waals surface area (Å²) in [4.78, 5) is 28.1. The molecular formula is C35H45FN4O3. The predicted octanol–water partition coefficient (Wildman–Crippen LogP) is 6.59. The molecule has 5 rings (SSSR count). The average Bonchev–Trinajstić information content (AvgIpc) is 3.26. The van der Waals surface area contributed by atoms with Crippen molar-refractivity contribution in [3.8, 4) is 0 Å². The SMILES string of the molecule is C=CC1=CC(CC)(C(=O)N2CCCCC[C@H]2C)NC2=CC(c3ccc(C4CC=C(C(=O)OC)CC4)cc3F)=C(CC)NN12. The number of benzene rings is 1. The normalized spacial score (nSPS) is 25.7. The molecule has 1 aromatic rings. The Hall–Kier alpha value is -3.81. The zero-order valence-electron chi connectivity index (χ0n) is 26.0. The van der Waals surface area contributed by atoms with E-state index in [2.05, 4.69) is 24.2 Å². The van der Waals surface area contributed by atoms with Gasteiger partial charge in [0.25, 0.3) is 5.91 Å². The molecule has 2 unspecified atom stereocenters. The van der Waals surface area contributed by atoms with Crippen LogP contribution < -0.4 is 10.7 Å². The lowest BCUT2D eigenvalue weighted by molar-refractivity contribution is -0.139. The number of halogens is 1. The lowest BCUT2D eigenvalue weighted by atomic mass is 9.83. The van der Waals surface area contributed by atoms with Gasteiger partial charge in [0.15, 0.2) is 0 Å². The van der Waals surface area contributed by atoms with E-state index >= 15 is 4.39 Å². The maximum Gasteiger partial charge on any atom is 0.333 e. The van der Waals surface area contributed by atoms with Crippen molar-refractivity contribution in [1.29, 1.82) is 0 Å². The lowest BCUT2D eigenvalue weighted by Gasteiger charge is -2.46. The second kappa shape index (κ2) is 12.8. The van der Waals surface area contributed by atoms with Gasteiger partial charge >= 0.3 is 5.97 Å². The van der Waals surface area contributed by atoms with Crippen molar-refractivity contribution in [2.75, 3.05) is 13.7 Å². The number of allylic oxidation sites excluding steroid dienone is 5. The highest BCUT2D eigenvalue weighted by Crippen LogP contribution is 2.38. The Balaban J connectivity index is 1.46. The molecule has 3 atom stereocenters. The van der Waals surface area contributed by atoms with E-state index in [1.165, 1.54) is 7.11 Å². The molecule has 4 aliphatic rings. The number of rotatable bonds is 7. The number of carbonyl (C=O) groups excluding carboxylic acids is 2. The van der Waals surface area contributed by atoms with Crippen molar-refractivity contribution < 1.29 is 18.7 Å². The number of hydrogen-bond donors (Lipinski definition) is 2. The van der Waals surface area contributed by atoms with Crippen LogP contribution in [0.15, 0.2) is 71.9 Å². The molecule has 0 radical (unpaired) electrons. The summed E-state index contributed by atoms with van der Waals surface area (Å²) in [5.74, 6) is 0.334. The van der Waals surface area contributed by atoms with Gasteiger partial charge in [-0.25, -0.2) is 14.2 Å². The molecule has 230 valence electrons. The van der Waals surface area contributed by atoms with Crippen LogP contribution in [0.3, 0.4) is 0 Å². The topological polar surface area (TPSA) is 73.9 Å². The van der Waals surface area contributed by atoms with E-state index < -0.39 is 5.54 Å². The monoisotopic (exact) mass is 588 g/mol. The van der Waals surface area contributed by atoms with Crippen molar-refractivity contribution in [3.63, 3.8) is 0 Å². The molecule has 0 aromatic heterocycles. The van der Waals surface area contributed by atoms with E-state index in [9.17, 15) is 9.59 Å². The molecule has 43 heavy (non-hydrogen) atoms. The fourth-order valence-corrected chi connectivity index (χ4v) is 6.83. The van der Waals surface area contributed by atoms with E-state index in [1.54, 1.807) is 12.1 Å². The summed E-state index contributed by atoms with van der Waals surface area (Å²) < 4.78 is 20.7. The smallest absolute Gasteiger partial charge is 0.333 e. The first kappa shape index (κ1) is 30.6. The van der Waals surface area contributed by atoms with Crippen LogP contribution in [0.2, 0.25) is 0 Å². The van der Waals surface area contributed by atoms with Gasteiger partial charge < -0.3 is 15.0 Å². The molecule has 1 aromatic carbocycles. The summed E-state index contributed by atoms with van der Waals surface area (Å²) in [6, 6.07) is 5.66. The van der Waals surface area contributed by atoms with Gasteiger partial charge in [-0.1, -0.05) is 51.5 Å². The second-order valence-corrected chi connectivity index (χ2v) is 12.1. The minimum atomic E-state index is -0.930. The van der Waals surface area contributed by atoms with Gasteiger partial charge in [-0.15, -0.1) is 0 Å². The number of nitrogens with zero attached hydrogens (tertiary/aromatic N) is 2. The summed E-state index contributed by atoms with van der Waals surface area (Å²) in [6.07, 6.45) is 15.2. The third-order valence-electron chi connectivity index (χ3n) is 9.53. The number of carbonyl (C=O) groups is 2. The molecule has 2 N–H and O–H groups in total. The molecule has 7 nitrogen and oxygen atoms in total. The van der Waals surface area contributed by atoms with E-state index in [0.29, 0.717) is 42.6 Å². The number of ether oxygens (including phenoxy) is 1. The first-order valence-electron chi connectivity index (χ1n) is 15.8. The Kier molecular flexibility index (Phi) is 9.13. The maximum absolute atomic E-state index is 15.9. The lowest BCUT2D eigenvalue weighted by Crippen LogP contribution is -2.63. The average molecular weight is 589 g/mol. The van der Waals surface area contributed by atoms with Crippen LogP contribution in [0.5, 0.6) is 0 Å². The highest BCUT2D eigenvalue weighted by atomic mass is 19.1. The molecule has 0 bridgehead atoms. The van der Waals surface area contributed by atoms with Crippen LogP contribution in [0.25, 0.3) is 5.57 Å². The Morgan fingerprint density at radius 1 is 1.21 bits per heavy atom. The molecule has 1 amide bonds. The second-order valence-electron chi connectivity index (χ2n) is 12.1. The van der Waals surface area contributed by atoms with Crippen molar-refractivity contribution in [2.45, 2.75) is 96.1 Å². The Labute approximate surface area is 255 Å². The van der Waals surface area contributed by atoms with Gasteiger partial charge in [0.05, 0.1) is 12.8 Å². The standard InChI is InChI=1S/C35H45FN4O3/c1-6-27-22-35(8-3,34(42)39-19-11-9-10-12-23(39)4)37-32-21-29(31(7-2)38-40(27)32)28-18-17-26(20-30(28)36)24-13-15-25(16-14-24)33(41)43-5/h6,15,17-18,20-24,37-38H,1,7-14,16,19H2,2-5H3/t23-,24?,35?/m1/s1. The minimum absolute atomic E-state index is 0.0727. The Morgan fingerprint density at radius 2 is 2.02 bits per heavy atom. The number of hydrogen-bond acceptors (Lipinski definition) is 6. The van der Waals surface area contributed by atoms with E-state index in [-0.39, 0.29) is 29.7 Å². The van der Waals surface area contributed by atoms with Crippen molar-refractivity contribution in [3.05, 3.63) is 88.8 Å². The van der Waals surface area contributed by atoms with Gasteiger partial charge in [0.2, 0.25) is 0 Å². The van der Waals surface area contributed by atoms with E-state index in [1.807, 2.05) is 54.1 Å². The number of fused-ring (bicyclic) bond motifs is 1. The number of likely N-dealkylation sites (tertiary alicyclic amines) is 1. The van der Waals surface area contributed by atoms with Gasteiger partial charge in [-0.05, 0) is 87.6 Å². The maximum atomic E-state index is 15.9. The first-order chi connectivity index (χ1) is 20.7. The molecule has 8 heteroatoms. The van der Waals surface area contributed by atoms with Crippen LogP contribution in [-0.2, 0) is 14.3 Å². The zero-order valence-corrected chi connectivity index (χ0v) is 26.0. The van der Waals surface area contributed by atoms with Crippen LogP contribution >= 0.6 is 0 Å². The molecule has 0 spiro atoms. The highest BCUT2D eigenvalue weighted by molar-refractivity contribution is 5.90. The number of amides is 1. The minimum Gasteiger partial charge on any atom is -0.466 e. The Morgan fingerprint density at radius 3 is 2.67 bits per heavy atom. The van der Waals surface area contributed by atoms with Gasteiger partial charge in [0.1, 0.15) is 17.2 Å². The molecule has 1 fully saturated rings. The van der Waals surface area contributed by atoms with E-state index in [4.69, 9.17) is 4.74 Å². The third-order valence-corrected chi connectivity index (χ3v) is 9.53. The molecule has 1 saturated heterocycles. The summed E-state index contributed by atoms with van der Waals surface area (Å²) in [5.41, 5.74) is 7.10. The highest BCUT2D eigenvalue weighted by Gasteiger charge is 2.45. The quantitative estimate of drug-likeness (QED) is 0.350. The van der Waals surface area contributed by atoms with Gasteiger partial charge in [0, 0.05) is 35.0 Å². The number of esters is 1. The molecule has 0 saturated carbocycles. The molecular weight excluding hydrogens is 543 g/mol. The van der Waals surface area contributed by atoms with Crippen LogP contribution in [0.4, 0.5) is 4.39 Å². The summed E-state index contributed by atoms with van der Waals surface area (Å²) >= 11 is 0. The van der Waals surface area contributed by atoms with Crippen LogP contribution in [0.1, 0.15) is 95.6 Å². The molecule has 1 aliphatic carbocycles.